The van der Waals surface area contributed by atoms with Gasteiger partial charge in [-0.2, -0.15) is 0 Å². The molecule has 59 heavy (non-hydrogen) atoms. The number of para-hydroxylation sites is 3. The summed E-state index contributed by atoms with van der Waals surface area (Å²) in [6.45, 7) is 4.67. The molecule has 1 aliphatic carbocycles. The second-order valence-electron chi connectivity index (χ2n) is 16.8. The zero-order valence-electron chi connectivity index (χ0n) is 32.7. The number of benzene rings is 8. The lowest BCUT2D eigenvalue weighted by Gasteiger charge is -2.45. The van der Waals surface area contributed by atoms with Gasteiger partial charge in [-0.25, -0.2) is 0 Å². The number of rotatable bonds is 3. The van der Waals surface area contributed by atoms with Crippen LogP contribution in [0, 0.1) is 0 Å². The molecule has 0 saturated carbocycles. The number of allylic oxidation sites excluding steroid dienone is 1. The molecule has 0 unspecified atom stereocenters. The highest BCUT2D eigenvalue weighted by molar-refractivity contribution is 7.01. The fraction of sp³-hybridized carbons (Fsp3) is 0.0566. The summed E-state index contributed by atoms with van der Waals surface area (Å²) in [5.41, 5.74) is 18.8. The highest BCUT2D eigenvalue weighted by Gasteiger charge is 2.53. The van der Waals surface area contributed by atoms with Crippen molar-refractivity contribution in [2.24, 2.45) is 0 Å². The van der Waals surface area contributed by atoms with Crippen LogP contribution in [0.15, 0.2) is 187 Å². The molecule has 8 aromatic rings. The molecular weight excluding hydrogens is 718 g/mol. The van der Waals surface area contributed by atoms with Crippen molar-refractivity contribution >= 4 is 80.6 Å². The summed E-state index contributed by atoms with van der Waals surface area (Å²) in [6.07, 6.45) is 0. The summed E-state index contributed by atoms with van der Waals surface area (Å²) in [4.78, 5) is 4.95. The van der Waals surface area contributed by atoms with E-state index in [2.05, 4.69) is 206 Å². The Morgan fingerprint density at radius 2 is 1.03 bits per heavy atom. The van der Waals surface area contributed by atoms with Gasteiger partial charge in [0.25, 0.3) is 13.4 Å². The van der Waals surface area contributed by atoms with Crippen LogP contribution in [0.1, 0.15) is 25.0 Å². The van der Waals surface area contributed by atoms with Gasteiger partial charge in [0, 0.05) is 45.1 Å². The third kappa shape index (κ3) is 4.46. The Labute approximate surface area is 344 Å². The smallest absolute Gasteiger partial charge is 0.256 e. The predicted molar refractivity (Wildman–Crippen MR) is 244 cm³/mol. The normalized spacial score (nSPS) is 15.5. The number of fused-ring (bicyclic) bond motifs is 9. The van der Waals surface area contributed by atoms with Gasteiger partial charge in [-0.3, -0.25) is 0 Å². The molecule has 0 bridgehead atoms. The Morgan fingerprint density at radius 1 is 0.424 bits per heavy atom. The van der Waals surface area contributed by atoms with Gasteiger partial charge in [0.05, 0.1) is 0 Å². The summed E-state index contributed by atoms with van der Waals surface area (Å²) >= 11 is 0. The van der Waals surface area contributed by atoms with Crippen molar-refractivity contribution < 1.29 is 9.47 Å². The van der Waals surface area contributed by atoms with E-state index in [0.29, 0.717) is 0 Å². The van der Waals surface area contributed by atoms with Crippen molar-refractivity contribution in [3.63, 3.8) is 0 Å². The van der Waals surface area contributed by atoms with Crippen LogP contribution in [0.5, 0.6) is 17.2 Å². The third-order valence-corrected chi connectivity index (χ3v) is 13.4. The van der Waals surface area contributed by atoms with Crippen molar-refractivity contribution in [1.82, 2.24) is 0 Å². The van der Waals surface area contributed by atoms with Gasteiger partial charge in [-0.15, -0.1) is 0 Å². The minimum absolute atomic E-state index is 0.0332. The van der Waals surface area contributed by atoms with E-state index in [1.54, 1.807) is 0 Å². The molecule has 0 saturated heterocycles. The second-order valence-corrected chi connectivity index (χ2v) is 16.8. The monoisotopic (exact) mass is 754 g/mol. The molecule has 5 aliphatic rings. The van der Waals surface area contributed by atoms with Gasteiger partial charge >= 0.3 is 0 Å². The van der Waals surface area contributed by atoms with Gasteiger partial charge in [0.2, 0.25) is 0 Å². The highest BCUT2D eigenvalue weighted by Crippen LogP contribution is 2.53. The molecule has 8 aromatic carbocycles. The first-order valence-electron chi connectivity index (χ1n) is 20.6. The van der Waals surface area contributed by atoms with E-state index < -0.39 is 0 Å². The van der Waals surface area contributed by atoms with Crippen LogP contribution in [-0.2, 0) is 5.41 Å². The number of ether oxygens (including phenoxy) is 2. The van der Waals surface area contributed by atoms with E-state index in [4.69, 9.17) is 9.47 Å². The maximum atomic E-state index is 7.09. The van der Waals surface area contributed by atoms with Crippen LogP contribution in [0.2, 0.25) is 0 Å². The predicted octanol–water partition coefficient (Wildman–Crippen LogP) is 9.78. The van der Waals surface area contributed by atoms with Crippen LogP contribution in [0.4, 0.5) is 34.1 Å². The molecule has 6 heteroatoms. The number of anilines is 6. The molecule has 0 N–H and O–H groups in total. The van der Waals surface area contributed by atoms with Crippen LogP contribution in [-0.4, -0.2) is 13.4 Å². The SMILES string of the molecule is CC1(C)C2=C(Oc3cccc4c3B2c2cc3c(cc2N4c2ccccc2)N(c2ccccc2)c2cc(-c4ccccc4)cc4c2B3c2ccccc2O4)c2ccccc21. The molecule has 0 amide bonds. The molecule has 4 heterocycles. The molecule has 0 aromatic heterocycles. The minimum Gasteiger partial charge on any atom is -0.458 e. The Morgan fingerprint density at radius 3 is 1.80 bits per heavy atom. The van der Waals surface area contributed by atoms with Gasteiger partial charge in [-0.05, 0) is 110 Å². The largest absolute Gasteiger partial charge is 0.458 e. The first-order valence-corrected chi connectivity index (χ1v) is 20.6. The van der Waals surface area contributed by atoms with Crippen molar-refractivity contribution in [3.8, 4) is 28.4 Å². The van der Waals surface area contributed by atoms with Crippen molar-refractivity contribution in [2.45, 2.75) is 19.3 Å². The fourth-order valence-corrected chi connectivity index (χ4v) is 10.9. The van der Waals surface area contributed by atoms with E-state index >= 15 is 0 Å². The summed E-state index contributed by atoms with van der Waals surface area (Å²) in [7, 11) is 0. The lowest BCUT2D eigenvalue weighted by Crippen LogP contribution is -2.62. The second kappa shape index (κ2) is 11.9. The molecule has 0 radical (unpaired) electrons. The van der Waals surface area contributed by atoms with E-state index in [1.807, 2.05) is 0 Å². The first-order chi connectivity index (χ1) is 29.0. The van der Waals surface area contributed by atoms with Gasteiger partial charge in [0.1, 0.15) is 23.0 Å². The maximum Gasteiger partial charge on any atom is 0.256 e. The molecule has 13 rings (SSSR count). The zero-order chi connectivity index (χ0) is 39.0. The van der Waals surface area contributed by atoms with Crippen LogP contribution < -0.4 is 46.6 Å². The zero-order valence-corrected chi connectivity index (χ0v) is 32.7. The molecular formula is C53H36B2N2O2. The lowest BCUT2D eigenvalue weighted by molar-refractivity contribution is 0.488. The van der Waals surface area contributed by atoms with Crippen molar-refractivity contribution in [2.75, 3.05) is 9.80 Å². The Balaban J connectivity index is 1.15. The fourth-order valence-electron chi connectivity index (χ4n) is 10.9. The van der Waals surface area contributed by atoms with E-state index in [1.165, 1.54) is 49.6 Å². The first kappa shape index (κ1) is 32.9. The van der Waals surface area contributed by atoms with E-state index in [-0.39, 0.29) is 18.8 Å². The topological polar surface area (TPSA) is 24.9 Å². The average molecular weight is 755 g/mol. The Bertz CT molecular complexity index is 3110. The maximum absolute atomic E-state index is 7.09. The quantitative estimate of drug-likeness (QED) is 0.168. The van der Waals surface area contributed by atoms with E-state index in [9.17, 15) is 0 Å². The minimum atomic E-state index is -0.265. The Hall–Kier alpha value is -7.17. The molecule has 276 valence electrons. The van der Waals surface area contributed by atoms with Crippen molar-refractivity contribution in [3.05, 3.63) is 199 Å². The highest BCUT2D eigenvalue weighted by atomic mass is 16.5. The number of hydrogen-bond donors (Lipinski definition) is 0. The summed E-state index contributed by atoms with van der Waals surface area (Å²) in [6, 6.07) is 66.1. The molecule has 4 nitrogen and oxygen atoms in total. The lowest BCUT2D eigenvalue weighted by atomic mass is 9.29. The standard InChI is InChI=1S/C53H36B2N2O2/c1-53(2)38-24-13-12-23-37(38)51-52(53)55-41-31-40-43(32-44(41)56(35-19-8-4-9-20-35)42-26-16-28-47(59-51)49(42)55)57(36-21-10-5-11-22-36)45-29-34(33-17-6-3-7-18-33)30-48-50(45)54(40)39-25-14-15-27-46(39)58-48/h3-32H,1-2H3. The summed E-state index contributed by atoms with van der Waals surface area (Å²) < 4.78 is 14.0. The van der Waals surface area contributed by atoms with Gasteiger partial charge < -0.3 is 19.3 Å². The van der Waals surface area contributed by atoms with Crippen LogP contribution in [0.25, 0.3) is 16.9 Å². The Kier molecular flexibility index (Phi) is 6.65. The molecule has 0 atom stereocenters. The van der Waals surface area contributed by atoms with E-state index in [0.717, 1.165) is 62.6 Å². The van der Waals surface area contributed by atoms with Gasteiger partial charge in [-0.1, -0.05) is 135 Å². The summed E-state index contributed by atoms with van der Waals surface area (Å²) in [5.74, 6) is 3.73. The van der Waals surface area contributed by atoms with Gasteiger partial charge in [0.15, 0.2) is 0 Å². The summed E-state index contributed by atoms with van der Waals surface area (Å²) in [5, 5.41) is 0. The van der Waals surface area contributed by atoms with Crippen LogP contribution in [0.3, 0.4) is 0 Å². The van der Waals surface area contributed by atoms with Crippen LogP contribution >= 0.6 is 0 Å². The van der Waals surface area contributed by atoms with Crippen molar-refractivity contribution in [1.29, 1.82) is 0 Å². The third-order valence-electron chi connectivity index (χ3n) is 13.4. The average Bonchev–Trinajstić information content (AvgIpc) is 3.51. The number of nitrogens with zero attached hydrogens (tertiary/aromatic N) is 2. The molecule has 4 aliphatic heterocycles. The number of hydrogen-bond acceptors (Lipinski definition) is 4. The molecule has 0 fully saturated rings. The molecule has 0 spiro atoms.